The third-order valence-electron chi connectivity index (χ3n) is 1.38. The first-order chi connectivity index (χ1) is 6.13. The third kappa shape index (κ3) is 2.66. The highest BCUT2D eigenvalue weighted by Crippen LogP contribution is 2.23. The number of benzene rings is 1. The molecule has 0 aromatic heterocycles. The van der Waals surface area contributed by atoms with Crippen LogP contribution in [0.5, 0.6) is 11.5 Å². The van der Waals surface area contributed by atoms with Crippen molar-refractivity contribution in [3.63, 3.8) is 0 Å². The van der Waals surface area contributed by atoms with Crippen LogP contribution in [-0.2, 0) is 0 Å². The molecule has 0 fully saturated rings. The lowest BCUT2D eigenvalue weighted by molar-refractivity contribution is 0.383. The molecule has 0 spiro atoms. The second-order valence-corrected chi connectivity index (χ2v) is 2.96. The van der Waals surface area contributed by atoms with Gasteiger partial charge in [-0.15, -0.1) is 0 Å². The summed E-state index contributed by atoms with van der Waals surface area (Å²) in [5.41, 5.74) is 0. The molecule has 0 bridgehead atoms. The Bertz CT molecular complexity index is 325. The summed E-state index contributed by atoms with van der Waals surface area (Å²) in [6.07, 6.45) is 0. The molecule has 1 rings (SSSR count). The highest BCUT2D eigenvalue weighted by molar-refractivity contribution is 7.80. The van der Waals surface area contributed by atoms with Crippen LogP contribution >= 0.6 is 12.2 Å². The molecule has 13 heavy (non-hydrogen) atoms. The van der Waals surface area contributed by atoms with E-state index < -0.39 is 5.82 Å². The summed E-state index contributed by atoms with van der Waals surface area (Å²) in [7, 11) is 1.40. The van der Waals surface area contributed by atoms with Gasteiger partial charge in [0, 0.05) is 13.0 Å². The molecule has 0 aliphatic rings. The zero-order valence-electron chi connectivity index (χ0n) is 7.33. The van der Waals surface area contributed by atoms with E-state index in [1.807, 2.05) is 0 Å². The van der Waals surface area contributed by atoms with Gasteiger partial charge in [-0.25, -0.2) is 4.39 Å². The third-order valence-corrected chi connectivity index (χ3v) is 1.47. The average Bonchev–Trinajstić information content (AvgIpc) is 2.07. The van der Waals surface area contributed by atoms with E-state index in [1.165, 1.54) is 25.3 Å². The molecule has 1 aromatic carbocycles. The van der Waals surface area contributed by atoms with Crippen LogP contribution in [0.4, 0.5) is 4.39 Å². The first-order valence-corrected chi connectivity index (χ1v) is 4.06. The molecule has 0 saturated carbocycles. The van der Waals surface area contributed by atoms with Crippen LogP contribution < -0.4 is 9.47 Å². The maximum Gasteiger partial charge on any atom is 0.165 e. The van der Waals surface area contributed by atoms with Gasteiger partial charge in [0.2, 0.25) is 0 Å². The van der Waals surface area contributed by atoms with Gasteiger partial charge in [-0.05, 0) is 24.4 Å². The number of rotatable bonds is 2. The van der Waals surface area contributed by atoms with Gasteiger partial charge in [0.15, 0.2) is 16.6 Å². The van der Waals surface area contributed by atoms with E-state index in [0.717, 1.165) is 0 Å². The molecule has 0 atom stereocenters. The van der Waals surface area contributed by atoms with Crippen molar-refractivity contribution in [2.75, 3.05) is 7.11 Å². The molecule has 0 heterocycles. The highest BCUT2D eigenvalue weighted by Gasteiger charge is 2.04. The monoisotopic (exact) mass is 200 g/mol. The van der Waals surface area contributed by atoms with Crippen molar-refractivity contribution in [2.45, 2.75) is 6.92 Å². The van der Waals surface area contributed by atoms with Crippen LogP contribution in [0.15, 0.2) is 18.2 Å². The first kappa shape index (κ1) is 9.92. The Kier molecular flexibility index (Phi) is 3.19. The normalized spacial score (nSPS) is 9.46. The number of halogens is 1. The van der Waals surface area contributed by atoms with Crippen molar-refractivity contribution in [1.82, 2.24) is 0 Å². The van der Waals surface area contributed by atoms with Gasteiger partial charge < -0.3 is 9.47 Å². The summed E-state index contributed by atoms with van der Waals surface area (Å²) in [5, 5.41) is 0.383. The fraction of sp³-hybridized carbons (Fsp3) is 0.222. The standard InChI is InChI=1S/C9H9FO2S/c1-6(13)12-7-3-4-8(10)9(5-7)11-2/h3-5H,1-2H3. The molecule has 0 radical (unpaired) electrons. The van der Waals surface area contributed by atoms with Gasteiger partial charge in [0.05, 0.1) is 7.11 Å². The van der Waals surface area contributed by atoms with Crippen LogP contribution in [0.25, 0.3) is 0 Å². The lowest BCUT2D eigenvalue weighted by atomic mass is 10.3. The molecule has 4 heteroatoms. The van der Waals surface area contributed by atoms with Crippen molar-refractivity contribution in [2.24, 2.45) is 0 Å². The van der Waals surface area contributed by atoms with Crippen molar-refractivity contribution in [3.05, 3.63) is 24.0 Å². The van der Waals surface area contributed by atoms with E-state index in [0.29, 0.717) is 10.8 Å². The molecule has 0 saturated heterocycles. The summed E-state index contributed by atoms with van der Waals surface area (Å²) in [5.74, 6) is 0.205. The molecule has 70 valence electrons. The number of methoxy groups -OCH3 is 1. The van der Waals surface area contributed by atoms with Gasteiger partial charge in [-0.2, -0.15) is 0 Å². The van der Waals surface area contributed by atoms with E-state index in [9.17, 15) is 4.39 Å². The zero-order valence-corrected chi connectivity index (χ0v) is 8.15. The molecule has 1 aromatic rings. The molecular weight excluding hydrogens is 191 g/mol. The van der Waals surface area contributed by atoms with Crippen molar-refractivity contribution >= 4 is 17.3 Å². The Morgan fingerprint density at radius 1 is 1.46 bits per heavy atom. The Hall–Kier alpha value is -1.16. The maximum absolute atomic E-state index is 12.9. The fourth-order valence-electron chi connectivity index (χ4n) is 0.870. The summed E-state index contributed by atoms with van der Waals surface area (Å²) in [4.78, 5) is 0. The SMILES string of the molecule is COc1cc(OC(C)=S)ccc1F. The van der Waals surface area contributed by atoms with E-state index >= 15 is 0 Å². The minimum absolute atomic E-state index is 0.147. The largest absolute Gasteiger partial charge is 0.494 e. The van der Waals surface area contributed by atoms with Gasteiger partial charge in [0.1, 0.15) is 5.75 Å². The molecule has 0 aliphatic carbocycles. The van der Waals surface area contributed by atoms with E-state index in [4.69, 9.17) is 21.7 Å². The van der Waals surface area contributed by atoms with E-state index in [2.05, 4.69) is 0 Å². The Morgan fingerprint density at radius 3 is 2.69 bits per heavy atom. The minimum Gasteiger partial charge on any atom is -0.494 e. The van der Waals surface area contributed by atoms with Gasteiger partial charge in [-0.3, -0.25) is 0 Å². The highest BCUT2D eigenvalue weighted by atomic mass is 32.1. The van der Waals surface area contributed by atoms with Crippen LogP contribution in [0, 0.1) is 5.82 Å². The number of hydrogen-bond donors (Lipinski definition) is 0. The van der Waals surface area contributed by atoms with Crippen LogP contribution in [-0.4, -0.2) is 12.2 Å². The van der Waals surface area contributed by atoms with Gasteiger partial charge in [0.25, 0.3) is 0 Å². The average molecular weight is 200 g/mol. The van der Waals surface area contributed by atoms with Crippen LogP contribution in [0.3, 0.4) is 0 Å². The zero-order chi connectivity index (χ0) is 9.84. The van der Waals surface area contributed by atoms with Crippen molar-refractivity contribution in [3.8, 4) is 11.5 Å². The second-order valence-electron chi connectivity index (χ2n) is 2.39. The molecule has 2 nitrogen and oxygen atoms in total. The summed E-state index contributed by atoms with van der Waals surface area (Å²) in [6.45, 7) is 1.64. The smallest absolute Gasteiger partial charge is 0.165 e. The number of thiocarbonyl (C=S) groups is 1. The van der Waals surface area contributed by atoms with Crippen LogP contribution in [0.1, 0.15) is 6.92 Å². The van der Waals surface area contributed by atoms with Gasteiger partial charge >= 0.3 is 0 Å². The summed E-state index contributed by atoms with van der Waals surface area (Å²) < 4.78 is 22.8. The lowest BCUT2D eigenvalue weighted by Gasteiger charge is -2.05. The first-order valence-electron chi connectivity index (χ1n) is 3.65. The molecule has 0 unspecified atom stereocenters. The van der Waals surface area contributed by atoms with Crippen molar-refractivity contribution in [1.29, 1.82) is 0 Å². The number of hydrogen-bond acceptors (Lipinski definition) is 3. The summed E-state index contributed by atoms with van der Waals surface area (Å²) >= 11 is 4.73. The minimum atomic E-state index is -0.420. The van der Waals surface area contributed by atoms with Crippen molar-refractivity contribution < 1.29 is 13.9 Å². The van der Waals surface area contributed by atoms with E-state index in [-0.39, 0.29) is 5.75 Å². The second kappa shape index (κ2) is 4.18. The molecule has 0 N–H and O–H groups in total. The predicted molar refractivity (Wildman–Crippen MR) is 51.9 cm³/mol. The lowest BCUT2D eigenvalue weighted by Crippen LogP contribution is -1.99. The predicted octanol–water partition coefficient (Wildman–Crippen LogP) is 2.56. The topological polar surface area (TPSA) is 18.5 Å². The van der Waals surface area contributed by atoms with Crippen LogP contribution in [0.2, 0.25) is 0 Å². The fourth-order valence-corrected chi connectivity index (χ4v) is 0.966. The molecule has 0 aliphatic heterocycles. The Balaban J connectivity index is 2.92. The number of ether oxygens (including phenoxy) is 2. The van der Waals surface area contributed by atoms with Gasteiger partial charge in [-0.1, -0.05) is 0 Å². The summed E-state index contributed by atoms with van der Waals surface area (Å²) in [6, 6.07) is 4.21. The Morgan fingerprint density at radius 2 is 2.15 bits per heavy atom. The maximum atomic E-state index is 12.9. The molecule has 0 amide bonds. The molecular formula is C9H9FO2S. The quantitative estimate of drug-likeness (QED) is 0.683. The Labute approximate surface area is 81.3 Å². The van der Waals surface area contributed by atoms with E-state index in [1.54, 1.807) is 6.92 Å².